The minimum atomic E-state index is -1.38. The summed E-state index contributed by atoms with van der Waals surface area (Å²) in [7, 11) is 2.16. The summed E-state index contributed by atoms with van der Waals surface area (Å²) in [6.45, 7) is 3.13. The van der Waals surface area contributed by atoms with Gasteiger partial charge in [0.2, 0.25) is 0 Å². The summed E-state index contributed by atoms with van der Waals surface area (Å²) >= 11 is 0. The zero-order valence-corrected chi connectivity index (χ0v) is 12.9. The van der Waals surface area contributed by atoms with E-state index in [2.05, 4.69) is 43.2 Å². The maximum Gasteiger partial charge on any atom is 0.272 e. The van der Waals surface area contributed by atoms with Crippen LogP contribution in [-0.4, -0.2) is 37.5 Å². The second-order valence-electron chi connectivity index (χ2n) is 6.46. The van der Waals surface area contributed by atoms with Crippen molar-refractivity contribution in [1.82, 2.24) is 4.90 Å². The Balaban J connectivity index is 1.78. The molecule has 3 nitrogen and oxygen atoms in total. The number of halogens is 1. The third kappa shape index (κ3) is 1.97. The highest BCUT2D eigenvalue weighted by molar-refractivity contribution is 5.51. The van der Waals surface area contributed by atoms with Crippen molar-refractivity contribution in [2.45, 2.75) is 31.2 Å². The summed E-state index contributed by atoms with van der Waals surface area (Å²) < 4.78 is 24.1. The topological polar surface area (TPSA) is 21.7 Å². The maximum absolute atomic E-state index is 13.4. The van der Waals surface area contributed by atoms with Crippen molar-refractivity contribution in [3.05, 3.63) is 47.6 Å². The number of fused-ring (bicyclic) bond motifs is 2. The van der Waals surface area contributed by atoms with Crippen molar-refractivity contribution in [1.29, 1.82) is 0 Å². The van der Waals surface area contributed by atoms with Crippen LogP contribution in [0.1, 0.15) is 18.9 Å². The molecule has 2 heterocycles. The molecule has 3 aliphatic rings. The summed E-state index contributed by atoms with van der Waals surface area (Å²) in [5.41, 5.74) is 2.39. The highest BCUT2D eigenvalue weighted by Crippen LogP contribution is 2.46. The molecule has 1 aromatic carbocycles. The Hall–Kier alpha value is -1.81. The molecule has 1 saturated heterocycles. The molecule has 0 aromatic heterocycles. The smallest absolute Gasteiger partial charge is 0.272 e. The predicted molar refractivity (Wildman–Crippen MR) is 83.1 cm³/mol. The first-order valence-electron chi connectivity index (χ1n) is 7.74. The number of rotatable bonds is 1. The monoisotopic (exact) mass is 301 g/mol. The zero-order chi connectivity index (χ0) is 15.3. The second-order valence-corrected chi connectivity index (χ2v) is 6.46. The molecular weight excluding hydrogens is 281 g/mol. The number of hydrogen-bond acceptors (Lipinski definition) is 3. The van der Waals surface area contributed by atoms with Crippen LogP contribution in [0, 0.1) is 0 Å². The van der Waals surface area contributed by atoms with Gasteiger partial charge < -0.3 is 9.47 Å². The lowest BCUT2D eigenvalue weighted by atomic mass is 9.71. The van der Waals surface area contributed by atoms with E-state index in [0.717, 1.165) is 13.0 Å². The van der Waals surface area contributed by atoms with Crippen LogP contribution in [0.4, 0.5) is 4.39 Å². The van der Waals surface area contributed by atoms with E-state index >= 15 is 0 Å². The van der Waals surface area contributed by atoms with E-state index in [1.807, 2.05) is 12.1 Å². The number of allylic oxidation sites excluding steroid dienone is 2. The second kappa shape index (κ2) is 4.85. The van der Waals surface area contributed by atoms with E-state index in [4.69, 9.17) is 9.47 Å². The van der Waals surface area contributed by atoms with Gasteiger partial charge in [-0.25, -0.2) is 0 Å². The van der Waals surface area contributed by atoms with E-state index in [1.54, 1.807) is 0 Å². The molecule has 116 valence electrons. The van der Waals surface area contributed by atoms with Gasteiger partial charge in [0.1, 0.15) is 0 Å². The predicted octanol–water partition coefficient (Wildman–Crippen LogP) is 3.21. The maximum atomic E-state index is 13.4. The lowest BCUT2D eigenvalue weighted by molar-refractivity contribution is -0.00305. The van der Waals surface area contributed by atoms with Crippen molar-refractivity contribution < 1.29 is 13.9 Å². The molecular formula is C18H20FNO2. The Morgan fingerprint density at radius 1 is 1.32 bits per heavy atom. The first kappa shape index (κ1) is 13.8. The Bertz CT molecular complexity index is 669. The molecule has 0 spiro atoms. The molecule has 2 aliphatic heterocycles. The minimum absolute atomic E-state index is 0.0370. The molecule has 0 saturated carbocycles. The van der Waals surface area contributed by atoms with Crippen LogP contribution in [0.25, 0.3) is 0 Å². The van der Waals surface area contributed by atoms with E-state index < -0.39 is 6.36 Å². The molecule has 0 amide bonds. The number of alkyl halides is 1. The minimum Gasteiger partial charge on any atom is -0.483 e. The Kier molecular flexibility index (Phi) is 3.05. The van der Waals surface area contributed by atoms with Crippen molar-refractivity contribution in [3.8, 4) is 11.5 Å². The van der Waals surface area contributed by atoms with Gasteiger partial charge in [0.15, 0.2) is 18.1 Å². The lowest BCUT2D eigenvalue weighted by Gasteiger charge is -2.37. The van der Waals surface area contributed by atoms with E-state index in [1.165, 1.54) is 11.1 Å². The molecule has 1 fully saturated rings. The van der Waals surface area contributed by atoms with Crippen LogP contribution >= 0.6 is 0 Å². The molecule has 0 N–H and O–H groups in total. The van der Waals surface area contributed by atoms with Gasteiger partial charge in [0.05, 0.1) is 0 Å². The van der Waals surface area contributed by atoms with Crippen LogP contribution in [0.3, 0.4) is 0 Å². The van der Waals surface area contributed by atoms with Crippen molar-refractivity contribution in [3.63, 3.8) is 0 Å². The lowest BCUT2D eigenvalue weighted by Crippen LogP contribution is -2.40. The van der Waals surface area contributed by atoms with Crippen LogP contribution in [0.5, 0.6) is 11.5 Å². The fourth-order valence-corrected chi connectivity index (χ4v) is 3.83. The van der Waals surface area contributed by atoms with Crippen molar-refractivity contribution in [2.24, 2.45) is 0 Å². The molecule has 1 aromatic rings. The number of likely N-dealkylation sites (N-methyl/N-ethyl adjacent to an activating group) is 1. The van der Waals surface area contributed by atoms with Crippen LogP contribution < -0.4 is 9.47 Å². The summed E-state index contributed by atoms with van der Waals surface area (Å²) in [5, 5.41) is 0. The molecule has 0 bridgehead atoms. The average molecular weight is 301 g/mol. The first-order chi connectivity index (χ1) is 10.6. The number of hydrogen-bond donors (Lipinski definition) is 0. The van der Waals surface area contributed by atoms with E-state index in [-0.39, 0.29) is 12.0 Å². The number of ether oxygens (including phenoxy) is 2. The summed E-state index contributed by atoms with van der Waals surface area (Å²) in [5.74, 6) is 1.14. The number of nitrogens with zero attached hydrogens (tertiary/aromatic N) is 1. The summed E-state index contributed by atoms with van der Waals surface area (Å²) in [4.78, 5) is 2.38. The Morgan fingerprint density at radius 2 is 2.18 bits per heavy atom. The third-order valence-corrected chi connectivity index (χ3v) is 5.05. The molecule has 1 unspecified atom stereocenters. The molecule has 22 heavy (non-hydrogen) atoms. The van der Waals surface area contributed by atoms with E-state index in [0.29, 0.717) is 17.5 Å². The van der Waals surface area contributed by atoms with Gasteiger partial charge in [-0.1, -0.05) is 29.9 Å². The molecule has 0 radical (unpaired) electrons. The highest BCUT2D eigenvalue weighted by atomic mass is 19.1. The van der Waals surface area contributed by atoms with Gasteiger partial charge in [-0.2, -0.15) is 4.39 Å². The van der Waals surface area contributed by atoms with Gasteiger partial charge in [-0.05, 0) is 44.6 Å². The number of benzene rings is 1. The molecule has 3 atom stereocenters. The van der Waals surface area contributed by atoms with Gasteiger partial charge in [0, 0.05) is 11.5 Å². The fraction of sp³-hybridized carbons (Fsp3) is 0.444. The van der Waals surface area contributed by atoms with Gasteiger partial charge >= 0.3 is 0 Å². The normalized spacial score (nSPS) is 33.5. The molecule has 4 rings (SSSR count). The Morgan fingerprint density at radius 3 is 3.05 bits per heavy atom. The number of likely N-dealkylation sites (tertiary alicyclic amines) is 1. The van der Waals surface area contributed by atoms with Crippen LogP contribution in [-0.2, 0) is 5.41 Å². The van der Waals surface area contributed by atoms with Gasteiger partial charge in [0.25, 0.3) is 6.36 Å². The highest BCUT2D eigenvalue weighted by Gasteiger charge is 2.46. The van der Waals surface area contributed by atoms with Gasteiger partial charge in [-0.3, -0.25) is 4.90 Å². The summed E-state index contributed by atoms with van der Waals surface area (Å²) in [6, 6.07) is 6.28. The quantitative estimate of drug-likeness (QED) is 0.795. The van der Waals surface area contributed by atoms with Crippen molar-refractivity contribution >= 4 is 0 Å². The van der Waals surface area contributed by atoms with E-state index in [9.17, 15) is 4.39 Å². The van der Waals surface area contributed by atoms with Crippen molar-refractivity contribution in [2.75, 3.05) is 20.2 Å². The SMILES string of the molecule is CC1=C[C@@H]2N(C)CC[C@]2(c2ccc3c(c2)OC(F)CO3)C=C1. The molecule has 1 aliphatic carbocycles. The Labute approximate surface area is 130 Å². The van der Waals surface area contributed by atoms with Crippen LogP contribution in [0.2, 0.25) is 0 Å². The largest absolute Gasteiger partial charge is 0.483 e. The third-order valence-electron chi connectivity index (χ3n) is 5.05. The zero-order valence-electron chi connectivity index (χ0n) is 12.9. The molecule has 4 heteroatoms. The van der Waals surface area contributed by atoms with Crippen LogP contribution in [0.15, 0.2) is 42.0 Å². The fourth-order valence-electron chi connectivity index (χ4n) is 3.83. The standard InChI is InChI=1S/C18H20FNO2/c1-12-5-6-18(7-8-20(2)16(18)9-12)13-3-4-14-15(10-13)22-17(19)11-21-14/h3-6,9-10,16-17H,7-8,11H2,1-2H3/t16-,17?,18-/m0/s1. The van der Waals surface area contributed by atoms with Gasteiger partial charge in [-0.15, -0.1) is 0 Å². The first-order valence-corrected chi connectivity index (χ1v) is 7.74. The average Bonchev–Trinajstić information content (AvgIpc) is 2.85. The summed E-state index contributed by atoms with van der Waals surface area (Å²) in [6.07, 6.45) is 6.47.